The van der Waals surface area contributed by atoms with Crippen molar-refractivity contribution in [3.05, 3.63) is 71.9 Å². The third-order valence-electron chi connectivity index (χ3n) is 4.85. The van der Waals surface area contributed by atoms with Crippen LogP contribution in [-0.4, -0.2) is 43.4 Å². The van der Waals surface area contributed by atoms with Crippen molar-refractivity contribution < 1.29 is 24.9 Å². The van der Waals surface area contributed by atoms with Gasteiger partial charge in [-0.05, 0) is 63.9 Å². The number of phenolic OH excluding ortho intramolecular Hbond substituents is 1. The van der Waals surface area contributed by atoms with E-state index in [1.165, 1.54) is 5.56 Å². The SMILES string of the molecule is CC(=O)O.CC(=O)O.Nc1nccc(Nc2cc3c(c(-c4ccc5cc(O)ccc5c4)c2)CN=C3)n1. The number of phenols is 1. The second kappa shape index (κ2) is 11.4. The zero-order chi connectivity index (χ0) is 26.2. The zero-order valence-electron chi connectivity index (χ0n) is 19.6. The first-order chi connectivity index (χ1) is 17.1. The predicted molar refractivity (Wildman–Crippen MR) is 139 cm³/mol. The number of hydrogen-bond donors (Lipinski definition) is 5. The molecule has 4 aromatic rings. The van der Waals surface area contributed by atoms with E-state index in [1.807, 2.05) is 18.3 Å². The molecule has 10 nitrogen and oxygen atoms in total. The number of anilines is 3. The molecule has 0 unspecified atom stereocenters. The maximum Gasteiger partial charge on any atom is 0.300 e. The molecule has 0 fully saturated rings. The van der Waals surface area contributed by atoms with Gasteiger partial charge in [0.2, 0.25) is 5.95 Å². The standard InChI is InChI=1S/C22H17N5O.2C2H4O2/c23-22-25-6-5-21(27-22)26-17-8-16-11-24-12-20(16)19(10-17)15-2-1-14-9-18(28)4-3-13(14)7-15;2*1-2(3)4/h1-11,28H,12H2,(H3,23,25,26,27);2*1H3,(H,3,4). The van der Waals surface area contributed by atoms with Gasteiger partial charge in [-0.3, -0.25) is 14.6 Å². The Hall–Kier alpha value is -4.99. The normalized spacial score (nSPS) is 10.9. The van der Waals surface area contributed by atoms with Crippen molar-refractivity contribution in [2.45, 2.75) is 20.4 Å². The Bertz CT molecular complexity index is 1430. The van der Waals surface area contributed by atoms with Gasteiger partial charge in [0.15, 0.2) is 0 Å². The number of nitrogens with one attached hydrogen (secondary N) is 1. The van der Waals surface area contributed by atoms with Crippen LogP contribution in [0.5, 0.6) is 5.75 Å². The number of carboxylic acids is 2. The van der Waals surface area contributed by atoms with Crippen molar-refractivity contribution in [2.75, 3.05) is 11.1 Å². The molecule has 0 saturated heterocycles. The van der Waals surface area contributed by atoms with Gasteiger partial charge < -0.3 is 26.4 Å². The first kappa shape index (κ1) is 25.6. The number of carboxylic acid groups (broad SMARTS) is 2. The van der Waals surface area contributed by atoms with Gasteiger partial charge in [0.05, 0.1) is 6.54 Å². The van der Waals surface area contributed by atoms with E-state index in [-0.39, 0.29) is 11.7 Å². The molecule has 0 atom stereocenters. The number of nitrogens with two attached hydrogens (primary N) is 1. The smallest absolute Gasteiger partial charge is 0.300 e. The van der Waals surface area contributed by atoms with Gasteiger partial charge in [0.25, 0.3) is 11.9 Å². The molecule has 6 N–H and O–H groups in total. The lowest BCUT2D eigenvalue weighted by atomic mass is 9.94. The van der Waals surface area contributed by atoms with Gasteiger partial charge in [-0.25, -0.2) is 4.98 Å². The molecular weight excluding hydrogens is 462 g/mol. The van der Waals surface area contributed by atoms with E-state index >= 15 is 0 Å². The van der Waals surface area contributed by atoms with Crippen LogP contribution in [0.25, 0.3) is 21.9 Å². The van der Waals surface area contributed by atoms with Crippen LogP contribution in [0.4, 0.5) is 17.5 Å². The first-order valence-electron chi connectivity index (χ1n) is 10.8. The maximum absolute atomic E-state index is 9.70. The van der Waals surface area contributed by atoms with Crippen molar-refractivity contribution in [3.8, 4) is 16.9 Å². The lowest BCUT2D eigenvalue weighted by Gasteiger charge is -2.14. The Balaban J connectivity index is 0.000000398. The van der Waals surface area contributed by atoms with E-state index < -0.39 is 11.9 Å². The van der Waals surface area contributed by atoms with E-state index in [1.54, 1.807) is 24.4 Å². The average Bonchev–Trinajstić information content (AvgIpc) is 3.26. The summed E-state index contributed by atoms with van der Waals surface area (Å²) in [7, 11) is 0. The number of benzene rings is 3. The summed E-state index contributed by atoms with van der Waals surface area (Å²) in [5.74, 6) is -0.530. The summed E-state index contributed by atoms with van der Waals surface area (Å²) in [4.78, 5) is 30.6. The minimum absolute atomic E-state index is 0.228. The first-order valence-corrected chi connectivity index (χ1v) is 10.8. The van der Waals surface area contributed by atoms with E-state index in [4.69, 9.17) is 25.5 Å². The number of carbonyl (C=O) groups is 2. The highest BCUT2D eigenvalue weighted by Crippen LogP contribution is 2.35. The van der Waals surface area contributed by atoms with Crippen molar-refractivity contribution in [1.29, 1.82) is 0 Å². The van der Waals surface area contributed by atoms with Crippen LogP contribution in [0.1, 0.15) is 25.0 Å². The number of nitrogen functional groups attached to an aromatic ring is 1. The van der Waals surface area contributed by atoms with Gasteiger partial charge in [-0.1, -0.05) is 18.2 Å². The Morgan fingerprint density at radius 3 is 2.31 bits per heavy atom. The third-order valence-corrected chi connectivity index (χ3v) is 4.85. The fourth-order valence-corrected chi connectivity index (χ4v) is 3.54. The number of aromatic hydroxyl groups is 1. The molecule has 10 heteroatoms. The van der Waals surface area contributed by atoms with Crippen LogP contribution in [0.15, 0.2) is 65.8 Å². The van der Waals surface area contributed by atoms with Crippen molar-refractivity contribution in [2.24, 2.45) is 4.99 Å². The minimum atomic E-state index is -0.833. The molecule has 3 aromatic carbocycles. The monoisotopic (exact) mass is 487 g/mol. The lowest BCUT2D eigenvalue weighted by molar-refractivity contribution is -0.135. The van der Waals surface area contributed by atoms with Gasteiger partial charge in [0.1, 0.15) is 11.6 Å². The Morgan fingerprint density at radius 1 is 0.944 bits per heavy atom. The van der Waals surface area contributed by atoms with Crippen molar-refractivity contribution in [1.82, 2.24) is 9.97 Å². The predicted octanol–water partition coefficient (Wildman–Crippen LogP) is 4.44. The highest BCUT2D eigenvalue weighted by Gasteiger charge is 2.15. The van der Waals surface area contributed by atoms with Gasteiger partial charge in [-0.2, -0.15) is 4.98 Å². The molecule has 0 radical (unpaired) electrons. The number of aliphatic carboxylic acids is 2. The molecule has 0 amide bonds. The van der Waals surface area contributed by atoms with Crippen LogP contribution in [-0.2, 0) is 16.1 Å². The van der Waals surface area contributed by atoms with Gasteiger partial charge in [0, 0.05) is 37.5 Å². The molecule has 5 rings (SSSR count). The zero-order valence-corrected chi connectivity index (χ0v) is 19.6. The number of fused-ring (bicyclic) bond motifs is 2. The average molecular weight is 488 g/mol. The third kappa shape index (κ3) is 7.00. The summed E-state index contributed by atoms with van der Waals surface area (Å²) < 4.78 is 0. The molecule has 1 aromatic heterocycles. The number of nitrogens with zero attached hydrogens (tertiary/aromatic N) is 3. The Labute approximate surface area is 206 Å². The lowest BCUT2D eigenvalue weighted by Crippen LogP contribution is -2.00. The molecule has 2 heterocycles. The molecule has 1 aliphatic heterocycles. The van der Waals surface area contributed by atoms with Gasteiger partial charge in [-0.15, -0.1) is 0 Å². The molecule has 0 bridgehead atoms. The molecule has 0 spiro atoms. The van der Waals surface area contributed by atoms with Crippen molar-refractivity contribution in [3.63, 3.8) is 0 Å². The molecular formula is C26H25N5O5. The fourth-order valence-electron chi connectivity index (χ4n) is 3.54. The van der Waals surface area contributed by atoms with Crippen LogP contribution in [0, 0.1) is 0 Å². The summed E-state index contributed by atoms with van der Waals surface area (Å²) in [5.41, 5.74) is 11.1. The molecule has 36 heavy (non-hydrogen) atoms. The van der Waals surface area contributed by atoms with Crippen LogP contribution in [0.3, 0.4) is 0 Å². The fraction of sp³-hybridized carbons (Fsp3) is 0.115. The second-order valence-corrected chi connectivity index (χ2v) is 7.77. The molecule has 184 valence electrons. The number of aromatic nitrogens is 2. The maximum atomic E-state index is 9.70. The quantitative estimate of drug-likeness (QED) is 0.280. The summed E-state index contributed by atoms with van der Waals surface area (Å²) in [5, 5.41) is 29.9. The van der Waals surface area contributed by atoms with E-state index in [0.29, 0.717) is 12.4 Å². The Morgan fingerprint density at radius 2 is 1.61 bits per heavy atom. The summed E-state index contributed by atoms with van der Waals surface area (Å²) >= 11 is 0. The largest absolute Gasteiger partial charge is 0.508 e. The number of aliphatic imine (C=N–C) groups is 1. The van der Waals surface area contributed by atoms with Crippen molar-refractivity contribution >= 4 is 46.4 Å². The number of rotatable bonds is 3. The van der Waals surface area contributed by atoms with Gasteiger partial charge >= 0.3 is 0 Å². The Kier molecular flexibility index (Phi) is 8.14. The molecule has 0 saturated carbocycles. The second-order valence-electron chi connectivity index (χ2n) is 7.77. The van der Waals surface area contributed by atoms with Crippen LogP contribution < -0.4 is 11.1 Å². The number of hydrogen-bond acceptors (Lipinski definition) is 8. The van der Waals surface area contributed by atoms with E-state index in [0.717, 1.165) is 47.0 Å². The highest BCUT2D eigenvalue weighted by atomic mass is 16.4. The summed E-state index contributed by atoms with van der Waals surface area (Å²) in [6.07, 6.45) is 3.52. The summed E-state index contributed by atoms with van der Waals surface area (Å²) in [6, 6.07) is 17.6. The van der Waals surface area contributed by atoms with Crippen LogP contribution in [0.2, 0.25) is 0 Å². The van der Waals surface area contributed by atoms with E-state index in [2.05, 4.69) is 44.5 Å². The summed E-state index contributed by atoms with van der Waals surface area (Å²) in [6.45, 7) is 2.83. The minimum Gasteiger partial charge on any atom is -0.508 e. The topological polar surface area (TPSA) is 171 Å². The molecule has 1 aliphatic rings. The highest BCUT2D eigenvalue weighted by molar-refractivity contribution is 5.94. The van der Waals surface area contributed by atoms with E-state index in [9.17, 15) is 5.11 Å². The van der Waals surface area contributed by atoms with Crippen LogP contribution >= 0.6 is 0 Å². The molecule has 0 aliphatic carbocycles.